The minimum absolute atomic E-state index is 0.0930. The highest BCUT2D eigenvalue weighted by atomic mass is 16.2. The monoisotopic (exact) mass is 394 g/mol. The van der Waals surface area contributed by atoms with Gasteiger partial charge in [0.15, 0.2) is 5.82 Å². The minimum Gasteiger partial charge on any atom is -0.348 e. The second-order valence-corrected chi connectivity index (χ2v) is 7.36. The molecule has 2 aromatic heterocycles. The number of likely N-dealkylation sites (tertiary alicyclic amines) is 1. The first-order valence-electron chi connectivity index (χ1n) is 10.1. The maximum Gasteiger partial charge on any atom is 0.242 e. The van der Waals surface area contributed by atoms with Gasteiger partial charge in [0.05, 0.1) is 18.9 Å². The zero-order valence-electron chi connectivity index (χ0n) is 16.4. The van der Waals surface area contributed by atoms with Crippen LogP contribution in [0.3, 0.4) is 0 Å². The molecule has 0 radical (unpaired) electrons. The second-order valence-electron chi connectivity index (χ2n) is 7.36. The van der Waals surface area contributed by atoms with Gasteiger partial charge in [-0.05, 0) is 48.3 Å². The molecule has 1 unspecified atom stereocenters. The smallest absolute Gasteiger partial charge is 0.242 e. The van der Waals surface area contributed by atoms with Crippen molar-refractivity contribution in [2.24, 2.45) is 0 Å². The molecule has 1 aromatic carbocycles. The van der Waals surface area contributed by atoms with E-state index in [0.29, 0.717) is 6.54 Å². The molecule has 9 nitrogen and oxygen atoms in total. The molecule has 1 N–H and O–H groups in total. The molecule has 4 rings (SSSR count). The fourth-order valence-corrected chi connectivity index (χ4v) is 3.68. The van der Waals surface area contributed by atoms with Gasteiger partial charge < -0.3 is 9.88 Å². The Kier molecular flexibility index (Phi) is 6.25. The molecule has 1 aliphatic heterocycles. The Bertz CT molecular complexity index is 886. The van der Waals surface area contributed by atoms with E-state index in [0.717, 1.165) is 37.4 Å². The van der Waals surface area contributed by atoms with Gasteiger partial charge in [0.1, 0.15) is 6.54 Å². The minimum atomic E-state index is -0.0977. The number of amides is 1. The molecule has 1 fully saturated rings. The Hall–Kier alpha value is -3.07. The molecule has 1 aliphatic rings. The molecule has 3 heterocycles. The number of hydrogen-bond acceptors (Lipinski definition) is 6. The van der Waals surface area contributed by atoms with Crippen molar-refractivity contribution in [1.29, 1.82) is 0 Å². The number of nitrogens with zero attached hydrogens (tertiary/aromatic N) is 7. The zero-order chi connectivity index (χ0) is 19.9. The molecular formula is C20H26N8O. The van der Waals surface area contributed by atoms with Crippen LogP contribution in [0.25, 0.3) is 0 Å². The summed E-state index contributed by atoms with van der Waals surface area (Å²) in [4.78, 5) is 19.2. The Morgan fingerprint density at radius 1 is 1.17 bits per heavy atom. The average Bonchev–Trinajstić information content (AvgIpc) is 3.50. The van der Waals surface area contributed by atoms with Gasteiger partial charge in [-0.25, -0.2) is 9.67 Å². The number of imidazole rings is 1. The van der Waals surface area contributed by atoms with E-state index >= 15 is 0 Å². The SMILES string of the molecule is O=C(Cn1nnnc1CN1CCCC1)NC(CCn1ccnc1)c1ccccc1. The fourth-order valence-electron chi connectivity index (χ4n) is 3.68. The molecular weight excluding hydrogens is 368 g/mol. The van der Waals surface area contributed by atoms with E-state index in [1.807, 2.05) is 41.1 Å². The topological polar surface area (TPSA) is 93.8 Å². The number of hydrogen-bond donors (Lipinski definition) is 1. The Labute approximate surface area is 169 Å². The fraction of sp³-hybridized carbons (Fsp3) is 0.450. The number of carbonyl (C=O) groups excluding carboxylic acids is 1. The third-order valence-electron chi connectivity index (χ3n) is 5.24. The van der Waals surface area contributed by atoms with Crippen molar-refractivity contribution < 1.29 is 4.79 Å². The highest BCUT2D eigenvalue weighted by Gasteiger charge is 2.19. The second kappa shape index (κ2) is 9.42. The van der Waals surface area contributed by atoms with Crippen LogP contribution in [-0.2, 0) is 24.4 Å². The van der Waals surface area contributed by atoms with E-state index in [4.69, 9.17) is 0 Å². The maximum atomic E-state index is 12.8. The Morgan fingerprint density at radius 2 is 2.00 bits per heavy atom. The lowest BCUT2D eigenvalue weighted by Gasteiger charge is -2.20. The van der Waals surface area contributed by atoms with Gasteiger partial charge >= 0.3 is 0 Å². The predicted molar refractivity (Wildman–Crippen MR) is 106 cm³/mol. The number of aromatic nitrogens is 6. The third kappa shape index (κ3) is 5.26. The normalized spacial score (nSPS) is 15.4. The molecule has 29 heavy (non-hydrogen) atoms. The van der Waals surface area contributed by atoms with Crippen LogP contribution in [0.1, 0.15) is 36.7 Å². The summed E-state index contributed by atoms with van der Waals surface area (Å²) in [5, 5.41) is 15.1. The number of tetrazole rings is 1. The van der Waals surface area contributed by atoms with Crippen LogP contribution in [0.15, 0.2) is 49.1 Å². The predicted octanol–water partition coefficient (Wildman–Crippen LogP) is 1.41. The largest absolute Gasteiger partial charge is 0.348 e. The lowest BCUT2D eigenvalue weighted by atomic mass is 10.0. The Balaban J connectivity index is 1.39. The number of nitrogens with one attached hydrogen (secondary N) is 1. The maximum absolute atomic E-state index is 12.8. The van der Waals surface area contributed by atoms with Crippen LogP contribution in [0.4, 0.5) is 0 Å². The van der Waals surface area contributed by atoms with Gasteiger partial charge in [0, 0.05) is 18.9 Å². The number of benzene rings is 1. The number of aryl methyl sites for hydroxylation is 1. The first-order valence-corrected chi connectivity index (χ1v) is 10.1. The molecule has 0 bridgehead atoms. The van der Waals surface area contributed by atoms with Crippen LogP contribution >= 0.6 is 0 Å². The van der Waals surface area contributed by atoms with Crippen molar-refractivity contribution in [2.75, 3.05) is 13.1 Å². The van der Waals surface area contributed by atoms with Gasteiger partial charge in [-0.2, -0.15) is 0 Å². The highest BCUT2D eigenvalue weighted by Crippen LogP contribution is 2.18. The number of rotatable bonds is 9. The number of carbonyl (C=O) groups is 1. The molecule has 1 saturated heterocycles. The summed E-state index contributed by atoms with van der Waals surface area (Å²) in [6, 6.07) is 9.93. The van der Waals surface area contributed by atoms with Crippen molar-refractivity contribution in [3.8, 4) is 0 Å². The van der Waals surface area contributed by atoms with Crippen LogP contribution in [0.5, 0.6) is 0 Å². The van der Waals surface area contributed by atoms with E-state index in [9.17, 15) is 4.79 Å². The van der Waals surface area contributed by atoms with Crippen LogP contribution in [0.2, 0.25) is 0 Å². The first-order chi connectivity index (χ1) is 14.3. The lowest BCUT2D eigenvalue weighted by molar-refractivity contribution is -0.122. The van der Waals surface area contributed by atoms with Crippen molar-refractivity contribution in [3.05, 3.63) is 60.4 Å². The van der Waals surface area contributed by atoms with E-state index in [-0.39, 0.29) is 18.5 Å². The molecule has 9 heteroatoms. The quantitative estimate of drug-likeness (QED) is 0.590. The van der Waals surface area contributed by atoms with Gasteiger partial charge in [0.25, 0.3) is 0 Å². The van der Waals surface area contributed by atoms with E-state index in [2.05, 4.69) is 30.7 Å². The van der Waals surface area contributed by atoms with E-state index < -0.39 is 0 Å². The van der Waals surface area contributed by atoms with Crippen molar-refractivity contribution in [2.45, 2.75) is 44.9 Å². The highest BCUT2D eigenvalue weighted by molar-refractivity contribution is 5.76. The molecule has 0 saturated carbocycles. The van der Waals surface area contributed by atoms with E-state index in [1.54, 1.807) is 17.2 Å². The van der Waals surface area contributed by atoms with Crippen LogP contribution < -0.4 is 5.32 Å². The average molecular weight is 394 g/mol. The first kappa shape index (κ1) is 19.3. The van der Waals surface area contributed by atoms with Gasteiger partial charge in [0.2, 0.25) is 5.91 Å². The third-order valence-corrected chi connectivity index (χ3v) is 5.24. The molecule has 0 aliphatic carbocycles. The molecule has 152 valence electrons. The lowest BCUT2D eigenvalue weighted by Crippen LogP contribution is -2.33. The molecule has 0 spiro atoms. The Morgan fingerprint density at radius 3 is 2.76 bits per heavy atom. The summed E-state index contributed by atoms with van der Waals surface area (Å²) >= 11 is 0. The van der Waals surface area contributed by atoms with Crippen LogP contribution in [0, 0.1) is 0 Å². The van der Waals surface area contributed by atoms with Gasteiger partial charge in [-0.15, -0.1) is 5.10 Å². The van der Waals surface area contributed by atoms with Crippen molar-refractivity contribution in [1.82, 2.24) is 40.0 Å². The summed E-state index contributed by atoms with van der Waals surface area (Å²) < 4.78 is 3.61. The molecule has 1 amide bonds. The molecule has 1 atom stereocenters. The summed E-state index contributed by atoms with van der Waals surface area (Å²) in [5.41, 5.74) is 1.08. The summed E-state index contributed by atoms with van der Waals surface area (Å²) in [6.45, 7) is 3.69. The van der Waals surface area contributed by atoms with Crippen LogP contribution in [-0.4, -0.2) is 53.7 Å². The van der Waals surface area contributed by atoms with Gasteiger partial charge in [-0.3, -0.25) is 9.69 Å². The molecule has 3 aromatic rings. The summed E-state index contributed by atoms with van der Waals surface area (Å²) in [5.74, 6) is 0.635. The van der Waals surface area contributed by atoms with Gasteiger partial charge in [-0.1, -0.05) is 30.3 Å². The summed E-state index contributed by atoms with van der Waals surface area (Å²) in [6.07, 6.45) is 8.65. The van der Waals surface area contributed by atoms with E-state index in [1.165, 1.54) is 12.8 Å². The summed E-state index contributed by atoms with van der Waals surface area (Å²) in [7, 11) is 0. The van der Waals surface area contributed by atoms with Crippen molar-refractivity contribution >= 4 is 5.91 Å². The van der Waals surface area contributed by atoms with Crippen molar-refractivity contribution in [3.63, 3.8) is 0 Å². The standard InChI is InChI=1S/C20H26N8O/c29-20(15-28-19(23-24-25-28)14-26-10-4-5-11-26)22-18(17-6-2-1-3-7-17)8-12-27-13-9-21-16-27/h1-3,6-7,9,13,16,18H,4-5,8,10-12,14-15H2,(H,22,29). The zero-order valence-corrected chi connectivity index (χ0v) is 16.4.